The van der Waals surface area contributed by atoms with E-state index in [1.165, 1.54) is 5.56 Å². The Morgan fingerprint density at radius 2 is 1.76 bits per heavy atom. The van der Waals surface area contributed by atoms with Crippen LogP contribution in [0.3, 0.4) is 0 Å². The summed E-state index contributed by atoms with van der Waals surface area (Å²) in [6, 6.07) is 21.5. The number of nitrogens with one attached hydrogen (secondary N) is 1. The maximum atomic E-state index is 13.3. The maximum Gasteiger partial charge on any atom is 0.247 e. The predicted molar refractivity (Wildman–Crippen MR) is 130 cm³/mol. The molecular weight excluding hydrogens is 424 g/mol. The Balaban J connectivity index is 1.29. The van der Waals surface area contributed by atoms with Crippen molar-refractivity contribution in [2.75, 3.05) is 11.9 Å². The second kappa shape index (κ2) is 9.56. The number of aryl methyl sites for hydroxylation is 1. The zero-order chi connectivity index (χ0) is 23.5. The van der Waals surface area contributed by atoms with Gasteiger partial charge in [-0.25, -0.2) is 0 Å². The number of fused-ring (bicyclic) bond motifs is 1. The smallest absolute Gasteiger partial charge is 0.247 e. The van der Waals surface area contributed by atoms with Crippen molar-refractivity contribution in [1.29, 1.82) is 5.26 Å². The summed E-state index contributed by atoms with van der Waals surface area (Å²) in [4.78, 5) is 28.3. The number of rotatable bonds is 5. The lowest BCUT2D eigenvalue weighted by Crippen LogP contribution is -2.44. The number of hydrogen-bond acceptors (Lipinski definition) is 3. The number of carbonyl (C=O) groups is 2. The second-order valence-corrected chi connectivity index (χ2v) is 9.15. The lowest BCUT2D eigenvalue weighted by atomic mass is 9.74. The summed E-state index contributed by atoms with van der Waals surface area (Å²) in [7, 11) is 0. The van der Waals surface area contributed by atoms with Gasteiger partial charge in [-0.2, -0.15) is 5.26 Å². The van der Waals surface area contributed by atoms with Crippen LogP contribution in [0.2, 0.25) is 0 Å². The van der Waals surface area contributed by atoms with Crippen LogP contribution in [0.4, 0.5) is 5.69 Å². The number of benzene rings is 2. The largest absolute Gasteiger partial charge is 0.331 e. The van der Waals surface area contributed by atoms with Gasteiger partial charge < -0.3 is 14.8 Å². The van der Waals surface area contributed by atoms with E-state index in [-0.39, 0.29) is 23.7 Å². The zero-order valence-corrected chi connectivity index (χ0v) is 19.1. The minimum absolute atomic E-state index is 0.0221. The van der Waals surface area contributed by atoms with E-state index < -0.39 is 6.04 Å². The minimum atomic E-state index is -0.485. The average Bonchev–Trinajstić information content (AvgIpc) is 3.57. The number of nitriles is 1. The van der Waals surface area contributed by atoms with E-state index in [2.05, 4.69) is 17.5 Å². The van der Waals surface area contributed by atoms with Gasteiger partial charge in [0.2, 0.25) is 11.8 Å². The minimum Gasteiger partial charge on any atom is -0.331 e. The van der Waals surface area contributed by atoms with Crippen molar-refractivity contribution >= 4 is 17.5 Å². The molecule has 3 aromatic rings. The summed E-state index contributed by atoms with van der Waals surface area (Å²) in [5.74, 6) is -0.485. The van der Waals surface area contributed by atoms with E-state index in [9.17, 15) is 14.9 Å². The van der Waals surface area contributed by atoms with E-state index in [0.29, 0.717) is 19.4 Å². The van der Waals surface area contributed by atoms with Gasteiger partial charge in [0.25, 0.3) is 0 Å². The van der Waals surface area contributed by atoms with E-state index >= 15 is 0 Å². The third-order valence-corrected chi connectivity index (χ3v) is 7.14. The molecule has 1 fully saturated rings. The van der Waals surface area contributed by atoms with E-state index in [1.54, 1.807) is 4.90 Å². The molecule has 2 unspecified atom stereocenters. The fraction of sp³-hybridized carbons (Fsp3) is 0.321. The number of hydrogen-bond donors (Lipinski definition) is 1. The van der Waals surface area contributed by atoms with Crippen molar-refractivity contribution in [2.45, 2.75) is 44.1 Å². The number of amides is 2. The lowest BCUT2D eigenvalue weighted by Gasteiger charge is -2.31. The van der Waals surface area contributed by atoms with Crippen molar-refractivity contribution in [3.8, 4) is 11.8 Å². The normalized spacial score (nSPS) is 21.5. The number of nitrogens with zero attached hydrogens (tertiary/aromatic N) is 3. The van der Waals surface area contributed by atoms with Crippen molar-refractivity contribution in [3.63, 3.8) is 0 Å². The van der Waals surface area contributed by atoms with E-state index in [1.807, 2.05) is 71.6 Å². The molecule has 1 N–H and O–H groups in total. The van der Waals surface area contributed by atoms with Crippen LogP contribution in [0.15, 0.2) is 73.1 Å². The quantitative estimate of drug-likeness (QED) is 0.611. The lowest BCUT2D eigenvalue weighted by molar-refractivity contribution is -0.137. The molecule has 1 aliphatic heterocycles. The highest BCUT2D eigenvalue weighted by molar-refractivity contribution is 5.99. The van der Waals surface area contributed by atoms with Crippen LogP contribution < -0.4 is 5.32 Å². The summed E-state index contributed by atoms with van der Waals surface area (Å²) in [5, 5.41) is 12.9. The Morgan fingerprint density at radius 3 is 2.59 bits per heavy atom. The molecule has 34 heavy (non-hydrogen) atoms. The second-order valence-electron chi connectivity index (χ2n) is 9.15. The highest BCUT2D eigenvalue weighted by Crippen LogP contribution is 2.38. The molecule has 1 aromatic heterocycles. The Morgan fingerprint density at radius 1 is 1.00 bits per heavy atom. The number of aromatic nitrogens is 1. The third-order valence-electron chi connectivity index (χ3n) is 7.14. The molecule has 0 saturated carbocycles. The van der Waals surface area contributed by atoms with Gasteiger partial charge in [-0.15, -0.1) is 0 Å². The van der Waals surface area contributed by atoms with Gasteiger partial charge in [-0.3, -0.25) is 9.59 Å². The summed E-state index contributed by atoms with van der Waals surface area (Å²) in [6.07, 6.45) is 7.32. The first-order valence-electron chi connectivity index (χ1n) is 12.0. The van der Waals surface area contributed by atoms with E-state index in [4.69, 9.17) is 0 Å². The Hall–Kier alpha value is -3.85. The molecule has 0 bridgehead atoms. The topological polar surface area (TPSA) is 78.1 Å². The number of para-hydroxylation sites is 2. The van der Waals surface area contributed by atoms with Crippen LogP contribution in [0.1, 0.15) is 42.7 Å². The van der Waals surface area contributed by atoms with Crippen LogP contribution in [0.5, 0.6) is 0 Å². The number of anilines is 1. The molecule has 2 amide bonds. The highest BCUT2D eigenvalue weighted by atomic mass is 16.2. The van der Waals surface area contributed by atoms with Crippen molar-refractivity contribution < 1.29 is 9.59 Å². The molecule has 2 heterocycles. The molecule has 6 nitrogen and oxygen atoms in total. The molecule has 172 valence electrons. The van der Waals surface area contributed by atoms with Gasteiger partial charge in [0.1, 0.15) is 6.04 Å². The van der Waals surface area contributed by atoms with Gasteiger partial charge in [-0.05, 0) is 67.0 Å². The fourth-order valence-electron chi connectivity index (χ4n) is 5.42. The first kappa shape index (κ1) is 22.0. The van der Waals surface area contributed by atoms with Gasteiger partial charge in [0, 0.05) is 25.4 Å². The van der Waals surface area contributed by atoms with Crippen LogP contribution in [-0.2, 0) is 16.0 Å². The molecule has 3 atom stereocenters. The van der Waals surface area contributed by atoms with Crippen LogP contribution >= 0.6 is 0 Å². The van der Waals surface area contributed by atoms with Crippen molar-refractivity contribution in [2.24, 2.45) is 5.92 Å². The van der Waals surface area contributed by atoms with Gasteiger partial charge >= 0.3 is 0 Å². The third kappa shape index (κ3) is 4.22. The SMILES string of the molecule is N#CC1c2ccccc2CCC1CC(=O)N1CCC[C@H]1C(=O)Nc1ccccc1-n1cccc1. The summed E-state index contributed by atoms with van der Waals surface area (Å²) in [6.45, 7) is 0.580. The Kier molecular flexibility index (Phi) is 6.18. The Labute approximate surface area is 199 Å². The van der Waals surface area contributed by atoms with Gasteiger partial charge in [-0.1, -0.05) is 36.4 Å². The van der Waals surface area contributed by atoms with Gasteiger partial charge in [0.15, 0.2) is 0 Å². The molecule has 0 spiro atoms. The molecule has 5 rings (SSSR count). The van der Waals surface area contributed by atoms with Crippen LogP contribution in [0.25, 0.3) is 5.69 Å². The standard InChI is InChI=1S/C28H28N4O2/c29-19-23-21(14-13-20-8-1-2-9-22(20)23)18-27(33)32-17-7-12-26(32)28(34)30-24-10-3-4-11-25(24)31-15-5-6-16-31/h1-6,8-11,15-16,21,23,26H,7,12-14,17-18H2,(H,30,34)/t21?,23?,26-/m0/s1. The van der Waals surface area contributed by atoms with Crippen molar-refractivity contribution in [1.82, 2.24) is 9.47 Å². The molecule has 1 saturated heterocycles. The molecular formula is C28H28N4O2. The summed E-state index contributed by atoms with van der Waals surface area (Å²) < 4.78 is 1.95. The Bertz CT molecular complexity index is 1230. The average molecular weight is 453 g/mol. The zero-order valence-electron chi connectivity index (χ0n) is 19.1. The molecule has 1 aliphatic carbocycles. The molecule has 0 radical (unpaired) electrons. The maximum absolute atomic E-state index is 13.3. The first-order chi connectivity index (χ1) is 16.7. The van der Waals surface area contributed by atoms with Gasteiger partial charge in [0.05, 0.1) is 23.4 Å². The summed E-state index contributed by atoms with van der Waals surface area (Å²) in [5.41, 5.74) is 3.86. The first-order valence-corrected chi connectivity index (χ1v) is 12.0. The monoisotopic (exact) mass is 452 g/mol. The van der Waals surface area contributed by atoms with Crippen LogP contribution in [-0.4, -0.2) is 33.9 Å². The predicted octanol–water partition coefficient (Wildman–Crippen LogP) is 4.67. The number of likely N-dealkylation sites (tertiary alicyclic amines) is 1. The molecule has 2 aromatic carbocycles. The van der Waals surface area contributed by atoms with Crippen LogP contribution in [0, 0.1) is 17.2 Å². The highest BCUT2D eigenvalue weighted by Gasteiger charge is 2.37. The molecule has 2 aliphatic rings. The fourth-order valence-corrected chi connectivity index (χ4v) is 5.42. The van der Waals surface area contributed by atoms with Crippen molar-refractivity contribution in [3.05, 3.63) is 84.2 Å². The molecule has 6 heteroatoms. The van der Waals surface area contributed by atoms with E-state index in [0.717, 1.165) is 36.2 Å². The number of carbonyl (C=O) groups excluding carboxylic acids is 2. The summed E-state index contributed by atoms with van der Waals surface area (Å²) >= 11 is 0.